The standard InChI is InChI=1S/C45H54N4O8/c1-7-27-18-28-21-44(36(52)25-50,37-30(24-48(22-27)23-28)29-12-9-10-13-33(29)46-37)32-19-31-34(20-35(32)55-5)47(4)39-43(31)15-17-49-16-11-14-42(8-2,38(43)49)40(57-26(3)51)45(39,54)41(53)56-6/h9-14,18-20,28,38-40,46,50,54H,7-8,15-17,21-25H2,1-6H3/t28-,38-,39+,40+,42+,43+,44+,45-/m0/s1. The van der Waals surface area contributed by atoms with Gasteiger partial charge in [-0.1, -0.05) is 55.8 Å². The van der Waals surface area contributed by atoms with Crippen molar-refractivity contribution in [2.75, 3.05) is 59.0 Å². The molecule has 9 atom stereocenters. The van der Waals surface area contributed by atoms with Gasteiger partial charge in [0.1, 0.15) is 17.8 Å². The van der Waals surface area contributed by atoms with Gasteiger partial charge in [0.05, 0.1) is 20.3 Å². The Balaban J connectivity index is 1.37. The SMILES string of the molecule is CCC1=C[C@@H]2CN(C1)Cc1c([nH]c3ccccc13)[C@@](C(=O)CO)(c1cc3c(cc1OC)N(C)[C@H]1[C@@](O)(C(=O)OC)[C@H](OC(C)=O)[C@]4(CC)C=CCN5CC[C@]31[C@@H]54)C2. The Bertz CT molecular complexity index is 2250. The van der Waals surface area contributed by atoms with Crippen molar-refractivity contribution in [1.82, 2.24) is 14.8 Å². The average Bonchev–Trinajstić information content (AvgIpc) is 3.87. The zero-order chi connectivity index (χ0) is 40.2. The first-order valence-corrected chi connectivity index (χ1v) is 20.4. The number of hydrogen-bond donors (Lipinski definition) is 3. The summed E-state index contributed by atoms with van der Waals surface area (Å²) in [7, 11) is 4.72. The molecule has 57 heavy (non-hydrogen) atoms. The number of para-hydroxylation sites is 1. The Kier molecular flexibility index (Phi) is 8.86. The second-order valence-electron chi connectivity index (χ2n) is 17.3. The van der Waals surface area contributed by atoms with E-state index in [-0.39, 0.29) is 17.7 Å². The smallest absolute Gasteiger partial charge is 0.344 e. The number of benzene rings is 2. The third-order valence-electron chi connectivity index (χ3n) is 14.8. The van der Waals surface area contributed by atoms with Crippen molar-refractivity contribution in [3.8, 4) is 5.75 Å². The molecule has 1 aromatic heterocycles. The van der Waals surface area contributed by atoms with E-state index in [1.165, 1.54) is 19.6 Å². The number of nitrogens with zero attached hydrogens (tertiary/aromatic N) is 3. The van der Waals surface area contributed by atoms with Gasteiger partial charge in [0.2, 0.25) is 5.60 Å². The first-order chi connectivity index (χ1) is 27.4. The summed E-state index contributed by atoms with van der Waals surface area (Å²) in [5.41, 5.74) is 0.771. The molecule has 0 radical (unpaired) electrons. The molecule has 3 N–H and O–H groups in total. The van der Waals surface area contributed by atoms with Crippen LogP contribution in [0.25, 0.3) is 10.9 Å². The van der Waals surface area contributed by atoms with E-state index < -0.39 is 52.5 Å². The summed E-state index contributed by atoms with van der Waals surface area (Å²) in [6.07, 6.45) is 7.52. The lowest BCUT2D eigenvalue weighted by molar-refractivity contribution is -0.228. The molecule has 3 aromatic rings. The molecule has 1 saturated heterocycles. The number of aliphatic hydroxyl groups is 2. The fraction of sp³-hybridized carbons (Fsp3) is 0.533. The van der Waals surface area contributed by atoms with E-state index in [0.717, 1.165) is 52.9 Å². The van der Waals surface area contributed by atoms with Gasteiger partial charge in [0.25, 0.3) is 0 Å². The number of H-pyrrole nitrogens is 1. The zero-order valence-electron chi connectivity index (χ0n) is 33.8. The summed E-state index contributed by atoms with van der Waals surface area (Å²) in [6.45, 7) is 8.37. The topological polar surface area (TPSA) is 145 Å². The number of hydrogen-bond acceptors (Lipinski definition) is 11. The van der Waals surface area contributed by atoms with Gasteiger partial charge in [-0.15, -0.1) is 0 Å². The molecule has 1 unspecified atom stereocenters. The number of aromatic nitrogens is 1. The number of ketones is 1. The first kappa shape index (κ1) is 38.1. The second-order valence-corrected chi connectivity index (χ2v) is 17.3. The molecule has 1 spiro atoms. The highest BCUT2D eigenvalue weighted by atomic mass is 16.6. The monoisotopic (exact) mass is 778 g/mol. The number of likely N-dealkylation sites (N-methyl/N-ethyl adjacent to an activating group) is 1. The van der Waals surface area contributed by atoms with Crippen molar-refractivity contribution in [1.29, 1.82) is 0 Å². The highest BCUT2D eigenvalue weighted by Gasteiger charge is 2.80. The molecule has 2 bridgehead atoms. The van der Waals surface area contributed by atoms with Crippen LogP contribution in [0.4, 0.5) is 5.69 Å². The minimum Gasteiger partial charge on any atom is -0.496 e. The van der Waals surface area contributed by atoms with E-state index in [1.54, 1.807) is 7.11 Å². The van der Waals surface area contributed by atoms with Gasteiger partial charge < -0.3 is 34.3 Å². The van der Waals surface area contributed by atoms with Crippen LogP contribution in [0.2, 0.25) is 0 Å². The van der Waals surface area contributed by atoms with Gasteiger partial charge in [-0.3, -0.25) is 19.4 Å². The minimum atomic E-state index is -2.29. The molecule has 2 aromatic carbocycles. The molecule has 0 amide bonds. The second kappa shape index (κ2) is 13.3. The van der Waals surface area contributed by atoms with Crippen LogP contribution in [0.15, 0.2) is 60.2 Å². The molecule has 12 nitrogen and oxygen atoms in total. The Labute approximate surface area is 333 Å². The van der Waals surface area contributed by atoms with Gasteiger partial charge in [-0.25, -0.2) is 4.79 Å². The molecule has 1 saturated carbocycles. The molecule has 302 valence electrons. The van der Waals surface area contributed by atoms with Crippen molar-refractivity contribution in [3.63, 3.8) is 0 Å². The number of ether oxygens (including phenoxy) is 3. The normalized spacial score (nSPS) is 35.0. The summed E-state index contributed by atoms with van der Waals surface area (Å²) >= 11 is 0. The number of fused-ring (bicyclic) bond motifs is 6. The van der Waals surface area contributed by atoms with Gasteiger partial charge in [-0.05, 0) is 61.4 Å². The first-order valence-electron chi connectivity index (χ1n) is 20.4. The number of methoxy groups -OCH3 is 2. The van der Waals surface area contributed by atoms with E-state index in [9.17, 15) is 19.8 Å². The number of carbonyl (C=O) groups excluding carboxylic acids is 3. The summed E-state index contributed by atoms with van der Waals surface area (Å²) < 4.78 is 17.9. The van der Waals surface area contributed by atoms with Crippen molar-refractivity contribution >= 4 is 34.3 Å². The molecular formula is C45H54N4O8. The van der Waals surface area contributed by atoms with E-state index in [1.807, 2.05) is 43.1 Å². The van der Waals surface area contributed by atoms with Crippen LogP contribution in [0.5, 0.6) is 5.75 Å². The number of anilines is 1. The predicted octanol–water partition coefficient (Wildman–Crippen LogP) is 4.14. The van der Waals surface area contributed by atoms with Gasteiger partial charge in [0, 0.05) is 90.9 Å². The Morgan fingerprint density at radius 3 is 2.54 bits per heavy atom. The highest BCUT2D eigenvalue weighted by Crippen LogP contribution is 2.68. The third-order valence-corrected chi connectivity index (χ3v) is 14.8. The van der Waals surface area contributed by atoms with Crippen LogP contribution in [-0.4, -0.2) is 121 Å². The van der Waals surface area contributed by atoms with Crippen molar-refractivity contribution < 1.29 is 38.8 Å². The maximum atomic E-state index is 15.1. The summed E-state index contributed by atoms with van der Waals surface area (Å²) in [5.74, 6) is -1.34. The molecule has 2 fully saturated rings. The number of rotatable bonds is 8. The average molecular weight is 779 g/mol. The van der Waals surface area contributed by atoms with Gasteiger partial charge >= 0.3 is 11.9 Å². The Hall–Kier alpha value is -4.49. The largest absolute Gasteiger partial charge is 0.496 e. The molecular weight excluding hydrogens is 725 g/mol. The number of aliphatic hydroxyl groups excluding tert-OH is 1. The lowest BCUT2D eigenvalue weighted by atomic mass is 9.47. The molecule has 1 aliphatic carbocycles. The third kappa shape index (κ3) is 4.84. The van der Waals surface area contributed by atoms with Crippen LogP contribution in [0, 0.1) is 11.3 Å². The summed E-state index contributed by atoms with van der Waals surface area (Å²) in [4.78, 5) is 53.0. The molecule has 12 heteroatoms. The number of aromatic amines is 1. The fourth-order valence-electron chi connectivity index (χ4n) is 12.9. The van der Waals surface area contributed by atoms with Crippen LogP contribution in [-0.2, 0) is 41.2 Å². The summed E-state index contributed by atoms with van der Waals surface area (Å²) in [5, 5.41) is 25.4. The fourth-order valence-corrected chi connectivity index (χ4v) is 12.9. The van der Waals surface area contributed by atoms with Crippen LogP contribution in [0.3, 0.4) is 0 Å². The molecule has 9 rings (SSSR count). The van der Waals surface area contributed by atoms with Crippen LogP contribution in [0.1, 0.15) is 68.8 Å². The van der Waals surface area contributed by atoms with Gasteiger partial charge in [0.15, 0.2) is 11.9 Å². The highest BCUT2D eigenvalue weighted by molar-refractivity contribution is 5.99. The predicted molar refractivity (Wildman–Crippen MR) is 214 cm³/mol. The Morgan fingerprint density at radius 2 is 1.84 bits per heavy atom. The maximum Gasteiger partial charge on any atom is 0.344 e. The number of nitrogens with one attached hydrogen (secondary N) is 1. The lowest BCUT2D eigenvalue weighted by Gasteiger charge is -2.63. The molecule has 6 aliphatic rings. The Morgan fingerprint density at radius 1 is 1.05 bits per heavy atom. The zero-order valence-corrected chi connectivity index (χ0v) is 33.8. The van der Waals surface area contributed by atoms with Crippen molar-refractivity contribution in [2.24, 2.45) is 11.3 Å². The van der Waals surface area contributed by atoms with E-state index in [0.29, 0.717) is 50.2 Å². The molecule has 6 heterocycles. The number of esters is 2. The van der Waals surface area contributed by atoms with Crippen LogP contribution < -0.4 is 9.64 Å². The van der Waals surface area contributed by atoms with Crippen molar-refractivity contribution in [3.05, 3.63) is 82.6 Å². The van der Waals surface area contributed by atoms with E-state index in [4.69, 9.17) is 14.2 Å². The minimum absolute atomic E-state index is 0.00270. The van der Waals surface area contributed by atoms with Crippen molar-refractivity contribution in [2.45, 2.75) is 87.6 Å². The number of Topliss-reactive ketones (excluding diaryl/α,β-unsaturated/α-hetero) is 1. The summed E-state index contributed by atoms with van der Waals surface area (Å²) in [6, 6.07) is 11.0. The van der Waals surface area contributed by atoms with E-state index >= 15 is 4.79 Å². The lowest BCUT2D eigenvalue weighted by Crippen LogP contribution is -2.81. The number of carbonyl (C=O) groups is 3. The molecule has 5 aliphatic heterocycles. The quantitative estimate of drug-likeness (QED) is 0.224. The maximum absolute atomic E-state index is 15.1. The van der Waals surface area contributed by atoms with Gasteiger partial charge in [-0.2, -0.15) is 0 Å². The van der Waals surface area contributed by atoms with E-state index in [2.05, 4.69) is 52.1 Å². The van der Waals surface area contributed by atoms with Crippen LogP contribution >= 0.6 is 0 Å².